The standard InChI is InChI=1S/C21H20ClNO4/c22-17-4-1-15(2-5-17)21(25)23-9-7-14(8-10-23)20(24)16-3-6-18-19(13-16)27-12-11-26-18/h1-6,13-14H,7-12H2. The van der Waals surface area contributed by atoms with Crippen molar-refractivity contribution in [3.05, 3.63) is 58.6 Å². The number of likely N-dealkylation sites (tertiary alicyclic amines) is 1. The first-order chi connectivity index (χ1) is 13.1. The normalized spacial score (nSPS) is 16.9. The smallest absolute Gasteiger partial charge is 0.253 e. The molecule has 0 radical (unpaired) electrons. The van der Waals surface area contributed by atoms with Crippen molar-refractivity contribution < 1.29 is 19.1 Å². The van der Waals surface area contributed by atoms with Crippen LogP contribution in [0.4, 0.5) is 0 Å². The highest BCUT2D eigenvalue weighted by Gasteiger charge is 2.29. The van der Waals surface area contributed by atoms with Crippen LogP contribution < -0.4 is 9.47 Å². The van der Waals surface area contributed by atoms with Gasteiger partial charge < -0.3 is 14.4 Å². The number of benzene rings is 2. The number of rotatable bonds is 3. The summed E-state index contributed by atoms with van der Waals surface area (Å²) < 4.78 is 11.1. The quantitative estimate of drug-likeness (QED) is 0.753. The van der Waals surface area contributed by atoms with Crippen LogP contribution in [0.25, 0.3) is 0 Å². The highest BCUT2D eigenvalue weighted by molar-refractivity contribution is 6.30. The fraction of sp³-hybridized carbons (Fsp3) is 0.333. The van der Waals surface area contributed by atoms with E-state index in [9.17, 15) is 9.59 Å². The van der Waals surface area contributed by atoms with Crippen LogP contribution in [0.15, 0.2) is 42.5 Å². The van der Waals surface area contributed by atoms with Gasteiger partial charge in [-0.3, -0.25) is 9.59 Å². The maximum Gasteiger partial charge on any atom is 0.253 e. The van der Waals surface area contributed by atoms with Crippen LogP contribution in [0.1, 0.15) is 33.6 Å². The van der Waals surface area contributed by atoms with Crippen molar-refractivity contribution in [3.8, 4) is 11.5 Å². The Morgan fingerprint density at radius 2 is 1.52 bits per heavy atom. The number of amides is 1. The second kappa shape index (κ2) is 7.61. The monoisotopic (exact) mass is 385 g/mol. The topological polar surface area (TPSA) is 55.8 Å². The molecule has 1 fully saturated rings. The molecule has 2 aliphatic rings. The minimum atomic E-state index is -0.0816. The Bertz CT molecular complexity index is 857. The van der Waals surface area contributed by atoms with Gasteiger partial charge in [-0.1, -0.05) is 11.6 Å². The van der Waals surface area contributed by atoms with Crippen molar-refractivity contribution in [2.24, 2.45) is 5.92 Å². The number of carbonyl (C=O) groups excluding carboxylic acids is 2. The van der Waals surface area contributed by atoms with Gasteiger partial charge in [0.25, 0.3) is 5.91 Å². The van der Waals surface area contributed by atoms with E-state index in [0.717, 1.165) is 0 Å². The maximum absolute atomic E-state index is 12.9. The largest absolute Gasteiger partial charge is 0.486 e. The third kappa shape index (κ3) is 3.78. The molecule has 2 aliphatic heterocycles. The van der Waals surface area contributed by atoms with E-state index in [1.165, 1.54) is 0 Å². The molecule has 5 nitrogen and oxygen atoms in total. The van der Waals surface area contributed by atoms with Crippen molar-refractivity contribution in [1.82, 2.24) is 4.90 Å². The van der Waals surface area contributed by atoms with E-state index in [1.807, 2.05) is 0 Å². The molecule has 2 aromatic carbocycles. The van der Waals surface area contributed by atoms with Gasteiger partial charge >= 0.3 is 0 Å². The fourth-order valence-electron chi connectivity index (χ4n) is 3.55. The van der Waals surface area contributed by atoms with Crippen molar-refractivity contribution in [1.29, 1.82) is 0 Å². The second-order valence-corrected chi connectivity index (χ2v) is 7.23. The third-order valence-electron chi connectivity index (χ3n) is 5.07. The van der Waals surface area contributed by atoms with Gasteiger partial charge in [0.05, 0.1) is 0 Å². The summed E-state index contributed by atoms with van der Waals surface area (Å²) in [5, 5.41) is 0.607. The molecule has 6 heteroatoms. The first-order valence-electron chi connectivity index (χ1n) is 9.10. The molecule has 0 aromatic heterocycles. The Balaban J connectivity index is 1.39. The number of fused-ring (bicyclic) bond motifs is 1. The molecule has 1 saturated heterocycles. The fourth-order valence-corrected chi connectivity index (χ4v) is 3.68. The Morgan fingerprint density at radius 3 is 2.22 bits per heavy atom. The van der Waals surface area contributed by atoms with Gasteiger partial charge in [0.2, 0.25) is 0 Å². The molecule has 0 spiro atoms. The van der Waals surface area contributed by atoms with Crippen LogP contribution in [0.5, 0.6) is 11.5 Å². The van der Waals surface area contributed by atoms with Crippen LogP contribution in [-0.4, -0.2) is 42.9 Å². The van der Waals surface area contributed by atoms with E-state index < -0.39 is 0 Å². The molecule has 2 aromatic rings. The summed E-state index contributed by atoms with van der Waals surface area (Å²) in [4.78, 5) is 27.2. The second-order valence-electron chi connectivity index (χ2n) is 6.80. The van der Waals surface area contributed by atoms with Gasteiger partial charge in [-0.25, -0.2) is 0 Å². The lowest BCUT2D eigenvalue weighted by molar-refractivity contribution is 0.0650. The van der Waals surface area contributed by atoms with Gasteiger partial charge in [0.15, 0.2) is 17.3 Å². The van der Waals surface area contributed by atoms with E-state index >= 15 is 0 Å². The van der Waals surface area contributed by atoms with Crippen LogP contribution in [0, 0.1) is 5.92 Å². The van der Waals surface area contributed by atoms with Gasteiger partial charge in [0.1, 0.15) is 13.2 Å². The number of nitrogens with zero attached hydrogens (tertiary/aromatic N) is 1. The lowest BCUT2D eigenvalue weighted by Gasteiger charge is -2.31. The first kappa shape index (κ1) is 17.9. The molecular weight excluding hydrogens is 366 g/mol. The van der Waals surface area contributed by atoms with Gasteiger partial charge in [-0.2, -0.15) is 0 Å². The van der Waals surface area contributed by atoms with Crippen molar-refractivity contribution in [3.63, 3.8) is 0 Å². The maximum atomic E-state index is 12.9. The molecule has 2 heterocycles. The minimum absolute atomic E-state index is 0.0168. The molecule has 0 unspecified atom stereocenters. The van der Waals surface area contributed by atoms with Gasteiger partial charge in [-0.05, 0) is 55.3 Å². The van der Waals surface area contributed by atoms with Crippen molar-refractivity contribution in [2.45, 2.75) is 12.8 Å². The van der Waals surface area contributed by atoms with E-state index in [2.05, 4.69) is 0 Å². The predicted molar refractivity (Wildman–Crippen MR) is 102 cm³/mol. The van der Waals surface area contributed by atoms with Crippen molar-refractivity contribution in [2.75, 3.05) is 26.3 Å². The first-order valence-corrected chi connectivity index (χ1v) is 9.48. The van der Waals surface area contributed by atoms with Crippen LogP contribution in [0.2, 0.25) is 5.02 Å². The number of hydrogen-bond acceptors (Lipinski definition) is 4. The molecule has 0 atom stereocenters. The molecule has 0 aliphatic carbocycles. The number of carbonyl (C=O) groups is 2. The summed E-state index contributed by atoms with van der Waals surface area (Å²) in [5.41, 5.74) is 1.26. The highest BCUT2D eigenvalue weighted by Crippen LogP contribution is 2.32. The summed E-state index contributed by atoms with van der Waals surface area (Å²) in [6, 6.07) is 12.2. The van der Waals surface area contributed by atoms with E-state index in [1.54, 1.807) is 47.4 Å². The molecule has 0 N–H and O–H groups in total. The highest BCUT2D eigenvalue weighted by atomic mass is 35.5. The molecule has 140 valence electrons. The molecule has 0 bridgehead atoms. The Kier molecular flexibility index (Phi) is 5.03. The minimum Gasteiger partial charge on any atom is -0.486 e. The summed E-state index contributed by atoms with van der Waals surface area (Å²) in [7, 11) is 0. The zero-order chi connectivity index (χ0) is 18.8. The number of piperidine rings is 1. The van der Waals surface area contributed by atoms with E-state index in [4.69, 9.17) is 21.1 Å². The zero-order valence-corrected chi connectivity index (χ0v) is 15.6. The number of ketones is 1. The Labute approximate surface area is 162 Å². The lowest BCUT2D eigenvalue weighted by atomic mass is 9.88. The number of halogens is 1. The molecule has 1 amide bonds. The summed E-state index contributed by atoms with van der Waals surface area (Å²) in [5.74, 6) is 1.31. The van der Waals surface area contributed by atoms with Crippen LogP contribution in [0.3, 0.4) is 0 Å². The summed E-state index contributed by atoms with van der Waals surface area (Å²) in [6.45, 7) is 2.17. The third-order valence-corrected chi connectivity index (χ3v) is 5.32. The van der Waals surface area contributed by atoms with Gasteiger partial charge in [0, 0.05) is 35.2 Å². The summed E-state index contributed by atoms with van der Waals surface area (Å²) in [6.07, 6.45) is 1.32. The van der Waals surface area contributed by atoms with Crippen LogP contribution in [-0.2, 0) is 0 Å². The average molecular weight is 386 g/mol. The van der Waals surface area contributed by atoms with Crippen LogP contribution >= 0.6 is 11.6 Å². The summed E-state index contributed by atoms with van der Waals surface area (Å²) >= 11 is 5.88. The Morgan fingerprint density at radius 1 is 0.889 bits per heavy atom. The molecule has 4 rings (SSSR count). The zero-order valence-electron chi connectivity index (χ0n) is 14.8. The van der Waals surface area contributed by atoms with Crippen molar-refractivity contribution >= 4 is 23.3 Å². The predicted octanol–water partition coefficient (Wildman–Crippen LogP) is 3.85. The SMILES string of the molecule is O=C(c1ccc2c(c1)OCCO2)C1CCN(C(=O)c2ccc(Cl)cc2)CC1. The number of hydrogen-bond donors (Lipinski definition) is 0. The number of ether oxygens (including phenoxy) is 2. The number of Topliss-reactive ketones (excluding diaryl/α,β-unsaturated/α-hetero) is 1. The lowest BCUT2D eigenvalue weighted by Crippen LogP contribution is -2.40. The molecule has 27 heavy (non-hydrogen) atoms. The molecule has 0 saturated carbocycles. The Hall–Kier alpha value is -2.53. The van der Waals surface area contributed by atoms with E-state index in [-0.39, 0.29) is 17.6 Å². The van der Waals surface area contributed by atoms with E-state index in [0.29, 0.717) is 66.8 Å². The molecular formula is C21H20ClNO4. The average Bonchev–Trinajstić information content (AvgIpc) is 2.73. The van der Waals surface area contributed by atoms with Gasteiger partial charge in [-0.15, -0.1) is 0 Å².